The zero-order valence-corrected chi connectivity index (χ0v) is 47.1. The molecule has 0 aliphatic carbocycles. The highest BCUT2D eigenvalue weighted by molar-refractivity contribution is 7.65. The normalized spacial score (nSPS) is 15.5. The molecule has 0 radical (unpaired) electrons. The van der Waals surface area contributed by atoms with Crippen LogP contribution in [0.4, 0.5) is 0 Å². The third-order valence-corrected chi connectivity index (χ3v) is 15.6. The van der Waals surface area contributed by atoms with Crippen molar-refractivity contribution in [3.05, 3.63) is 160 Å². The largest absolute Gasteiger partial charge is 0.497 e. The van der Waals surface area contributed by atoms with Gasteiger partial charge in [0.2, 0.25) is 22.1 Å². The van der Waals surface area contributed by atoms with Crippen LogP contribution in [0.3, 0.4) is 0 Å². The second-order valence-electron chi connectivity index (χ2n) is 19.0. The van der Waals surface area contributed by atoms with Gasteiger partial charge in [0.1, 0.15) is 40.2 Å². The van der Waals surface area contributed by atoms with Crippen LogP contribution in [-0.2, 0) is 42.9 Å². The molecule has 3 atom stereocenters. The summed E-state index contributed by atoms with van der Waals surface area (Å²) in [7, 11) is -8.37. The Morgan fingerprint density at radius 2 is 0.759 bits per heavy atom. The van der Waals surface area contributed by atoms with Crippen molar-refractivity contribution in [3.63, 3.8) is 0 Å². The van der Waals surface area contributed by atoms with Gasteiger partial charge in [-0.25, -0.2) is 15.0 Å². The van der Waals surface area contributed by atoms with Gasteiger partial charge in [0.05, 0.1) is 37.7 Å². The van der Waals surface area contributed by atoms with Crippen LogP contribution in [0.5, 0.6) is 17.2 Å². The Bertz CT molecular complexity index is 3360. The lowest BCUT2D eigenvalue weighted by molar-refractivity contribution is -0.138. The molecule has 0 saturated carbocycles. The van der Waals surface area contributed by atoms with Gasteiger partial charge in [0.15, 0.2) is 5.78 Å². The quantitative estimate of drug-likeness (QED) is 0.0669. The summed E-state index contributed by atoms with van der Waals surface area (Å²) in [6, 6.07) is 31.2. The molecule has 21 heteroatoms. The van der Waals surface area contributed by atoms with Crippen molar-refractivity contribution in [2.45, 2.75) is 32.5 Å². The van der Waals surface area contributed by atoms with E-state index in [0.717, 1.165) is 11.1 Å². The highest BCUT2D eigenvalue weighted by atomic mass is 31.2. The van der Waals surface area contributed by atoms with Gasteiger partial charge in [-0.2, -0.15) is 0 Å². The Labute approximate surface area is 460 Å². The molecule has 410 valence electrons. The molecule has 1 saturated heterocycles. The van der Waals surface area contributed by atoms with E-state index in [1.54, 1.807) is 68.8 Å². The number of ketones is 1. The van der Waals surface area contributed by atoms with Gasteiger partial charge in [0, 0.05) is 119 Å². The number of carboxylic acids is 1. The summed E-state index contributed by atoms with van der Waals surface area (Å²) in [5.41, 5.74) is 5.14. The fourth-order valence-electron chi connectivity index (χ4n) is 8.06. The van der Waals surface area contributed by atoms with Crippen LogP contribution in [0.2, 0.25) is 0 Å². The molecule has 1 aliphatic rings. The highest BCUT2D eigenvalue weighted by Gasteiger charge is 2.24. The van der Waals surface area contributed by atoms with E-state index in [4.69, 9.17) is 19.3 Å². The molecule has 6 aromatic rings. The Balaban J connectivity index is 1.18. The van der Waals surface area contributed by atoms with E-state index in [0.29, 0.717) is 95.9 Å². The van der Waals surface area contributed by atoms with E-state index >= 15 is 0 Å². The Kier molecular flexibility index (Phi) is 20.4. The van der Waals surface area contributed by atoms with Gasteiger partial charge in [0.25, 0.3) is 0 Å². The van der Waals surface area contributed by atoms with E-state index in [1.807, 2.05) is 36.4 Å². The van der Waals surface area contributed by atoms with Gasteiger partial charge < -0.3 is 34.0 Å². The maximum Gasteiger partial charge on any atom is 0.303 e. The Hall–Kier alpha value is -7.22. The summed E-state index contributed by atoms with van der Waals surface area (Å²) in [5.74, 6) is 19.1. The van der Waals surface area contributed by atoms with Crippen molar-refractivity contribution < 1.29 is 57.3 Å². The molecule has 0 bridgehead atoms. The molecule has 0 amide bonds. The second-order valence-corrected chi connectivity index (χ2v) is 25.7. The molecule has 1 fully saturated rings. The molecule has 3 aromatic carbocycles. The predicted molar refractivity (Wildman–Crippen MR) is 302 cm³/mol. The lowest BCUT2D eigenvalue weighted by Crippen LogP contribution is -2.36. The van der Waals surface area contributed by atoms with Gasteiger partial charge >= 0.3 is 5.97 Å². The van der Waals surface area contributed by atoms with Gasteiger partial charge in [-0.3, -0.25) is 38.0 Å². The monoisotopic (exact) mass is 1130 g/mol. The van der Waals surface area contributed by atoms with Crippen LogP contribution in [0, 0.1) is 35.5 Å². The number of hydrogen-bond donors (Lipinski definition) is 4. The SMILES string of the molecule is COc1ccc(C#Cc2cc(CN3CCN(Cc4cc(C#Cc5ccc(OC)cc5)cc(P(C)(=O)O)n4)CCN(Cc4cc(C#Cc5ccc(OCC(=O)CCC(=O)O)cc5)cc(P(C)(=O)O)n4)CC3)nc(P(C)(=O)O)c2)cc1. The number of carbonyl (C=O) groups is 2. The minimum Gasteiger partial charge on any atom is -0.497 e. The van der Waals surface area contributed by atoms with Crippen LogP contribution in [0.1, 0.15) is 63.3 Å². The van der Waals surface area contributed by atoms with E-state index < -0.39 is 28.1 Å². The molecule has 0 spiro atoms. The third-order valence-electron chi connectivity index (χ3n) is 12.3. The smallest absolute Gasteiger partial charge is 0.303 e. The zero-order chi connectivity index (χ0) is 56.7. The van der Waals surface area contributed by atoms with Crippen molar-refractivity contribution in [3.8, 4) is 52.8 Å². The van der Waals surface area contributed by atoms with Crippen LogP contribution in [-0.4, -0.2) is 141 Å². The van der Waals surface area contributed by atoms with Gasteiger partial charge in [-0.05, 0) is 109 Å². The fraction of sp³-hybridized carbons (Fsp3) is 0.293. The van der Waals surface area contributed by atoms with Crippen LogP contribution >= 0.6 is 22.1 Å². The van der Waals surface area contributed by atoms with Gasteiger partial charge in [-0.1, -0.05) is 35.5 Å². The van der Waals surface area contributed by atoms with Crippen molar-refractivity contribution in [2.75, 3.05) is 80.1 Å². The standard InChI is InChI=1S/C58H61N6O12P3/c1-74-52-19-12-42(13-20-52)6-9-45-32-48(59-55(35-45)77(3,68)69)38-62-26-27-63(39-49-33-46(36-56(60-49)78(4,70)71)10-7-43-14-21-53(75-2)22-15-43)29-31-64(30-28-62)40-50-34-47(37-57(61-50)79(5,72)73)11-8-44-16-23-54(24-17-44)76-41-51(65)18-25-58(66)67/h12-17,19-24,32-37H,18,25-31,38-41H2,1-5H3,(H,66,67)(H,68,69)(H,70,71)(H,72,73). The number of rotatable bonds is 17. The molecule has 3 aromatic heterocycles. The minimum atomic E-state index is -3.88. The Morgan fingerprint density at radius 1 is 0.468 bits per heavy atom. The number of aliphatic carboxylic acids is 1. The summed E-state index contributed by atoms with van der Waals surface area (Å²) in [5, 5.41) is 8.86. The molecule has 1 aliphatic heterocycles. The number of carbonyl (C=O) groups excluding carboxylic acids is 1. The molecule has 7 rings (SSSR count). The second kappa shape index (κ2) is 27.1. The molecule has 4 heterocycles. The topological polar surface area (TPSA) is 242 Å². The van der Waals surface area contributed by atoms with Crippen LogP contribution < -0.4 is 30.5 Å². The molecular formula is C58H61N6O12P3. The van der Waals surface area contributed by atoms with Crippen molar-refractivity contribution in [2.24, 2.45) is 0 Å². The number of Topliss-reactive ketones (excluding diaryl/α,β-unsaturated/α-hetero) is 1. The Morgan fingerprint density at radius 3 is 1.04 bits per heavy atom. The number of carboxylic acid groups (broad SMARTS) is 1. The summed E-state index contributed by atoms with van der Waals surface area (Å²) in [4.78, 5) is 75.8. The molecule has 79 heavy (non-hydrogen) atoms. The first-order chi connectivity index (χ1) is 37.6. The molecule has 4 N–H and O–H groups in total. The van der Waals surface area contributed by atoms with Crippen LogP contribution in [0.25, 0.3) is 0 Å². The number of pyridine rings is 3. The number of nitrogens with zero attached hydrogens (tertiary/aromatic N) is 6. The summed E-state index contributed by atoms with van der Waals surface area (Å²) in [6.45, 7) is 7.30. The summed E-state index contributed by atoms with van der Waals surface area (Å²) < 4.78 is 55.7. The van der Waals surface area contributed by atoms with Crippen molar-refractivity contribution in [1.82, 2.24) is 29.7 Å². The molecule has 18 nitrogen and oxygen atoms in total. The van der Waals surface area contributed by atoms with Crippen molar-refractivity contribution >= 4 is 50.2 Å². The first-order valence-electron chi connectivity index (χ1n) is 25.0. The van der Waals surface area contributed by atoms with E-state index in [2.05, 4.69) is 65.2 Å². The minimum absolute atomic E-state index is 0.0129. The van der Waals surface area contributed by atoms with E-state index in [1.165, 1.54) is 38.2 Å². The highest BCUT2D eigenvalue weighted by Crippen LogP contribution is 2.35. The lowest BCUT2D eigenvalue weighted by atomic mass is 10.1. The zero-order valence-electron chi connectivity index (χ0n) is 44.5. The predicted octanol–water partition coefficient (Wildman–Crippen LogP) is 5.30. The van der Waals surface area contributed by atoms with E-state index in [-0.39, 0.29) is 61.2 Å². The molecular weight excluding hydrogens is 1070 g/mol. The van der Waals surface area contributed by atoms with Crippen molar-refractivity contribution in [1.29, 1.82) is 0 Å². The number of hydrogen-bond acceptors (Lipinski definition) is 14. The van der Waals surface area contributed by atoms with Gasteiger partial charge in [-0.15, -0.1) is 0 Å². The number of aromatic nitrogens is 3. The number of ether oxygens (including phenoxy) is 3. The summed E-state index contributed by atoms with van der Waals surface area (Å²) in [6.07, 6.45) is -0.410. The third kappa shape index (κ3) is 19.0. The lowest BCUT2D eigenvalue weighted by Gasteiger charge is -2.26. The summed E-state index contributed by atoms with van der Waals surface area (Å²) >= 11 is 0. The number of methoxy groups -OCH3 is 2. The maximum absolute atomic E-state index is 13.2. The van der Waals surface area contributed by atoms with Crippen LogP contribution in [0.15, 0.2) is 109 Å². The average Bonchev–Trinajstić information content (AvgIpc) is 3.53. The number of benzene rings is 3. The first-order valence-corrected chi connectivity index (χ1v) is 31.3. The fourth-order valence-corrected chi connectivity index (χ4v) is 10.1. The molecule has 3 unspecified atom stereocenters. The average molecular weight is 1130 g/mol. The van der Waals surface area contributed by atoms with E-state index in [9.17, 15) is 38.0 Å². The maximum atomic E-state index is 13.2. The first kappa shape index (κ1) is 59.4.